The Morgan fingerprint density at radius 2 is 1.38 bits per heavy atom. The Morgan fingerprint density at radius 1 is 0.810 bits per heavy atom. The molecule has 1 aromatic carbocycles. The second kappa shape index (κ2) is 6.52. The summed E-state index contributed by atoms with van der Waals surface area (Å²) in [5.74, 6) is 0.800. The zero-order chi connectivity index (χ0) is 14.7. The van der Waals surface area contributed by atoms with Crippen molar-refractivity contribution >= 4 is 0 Å². The molecule has 1 nitrogen and oxygen atoms in total. The Labute approximate surface area is 130 Å². The first-order chi connectivity index (χ1) is 10.1. The predicted molar refractivity (Wildman–Crippen MR) is 90.6 cm³/mol. The topological polar surface area (TPSA) is 12.0 Å². The minimum absolute atomic E-state index is 0.586. The van der Waals surface area contributed by atoms with Crippen LogP contribution in [0.4, 0.5) is 0 Å². The molecule has 0 saturated heterocycles. The van der Waals surface area contributed by atoms with Gasteiger partial charge in [-0.25, -0.2) is 0 Å². The molecule has 0 atom stereocenters. The van der Waals surface area contributed by atoms with Crippen LogP contribution in [0.1, 0.15) is 76.7 Å². The first-order valence-corrected chi connectivity index (χ1v) is 8.93. The summed E-state index contributed by atoms with van der Waals surface area (Å²) in [5.41, 5.74) is 2.14. The number of hydrogen-bond donors (Lipinski definition) is 1. The van der Waals surface area contributed by atoms with Crippen molar-refractivity contribution in [3.63, 3.8) is 0 Å². The molecular weight excluding hydrogens is 254 g/mol. The van der Waals surface area contributed by atoms with Crippen molar-refractivity contribution in [1.82, 2.24) is 5.32 Å². The van der Waals surface area contributed by atoms with Gasteiger partial charge in [-0.2, -0.15) is 0 Å². The van der Waals surface area contributed by atoms with Crippen LogP contribution in [0.15, 0.2) is 30.3 Å². The number of benzene rings is 1. The molecule has 1 aromatic rings. The lowest BCUT2D eigenvalue weighted by atomic mass is 9.75. The van der Waals surface area contributed by atoms with Crippen molar-refractivity contribution in [3.8, 4) is 0 Å². The van der Waals surface area contributed by atoms with Gasteiger partial charge in [-0.15, -0.1) is 0 Å². The molecule has 0 spiro atoms. The summed E-state index contributed by atoms with van der Waals surface area (Å²) in [7, 11) is 0. The highest BCUT2D eigenvalue weighted by Gasteiger charge is 2.29. The molecule has 3 rings (SSSR count). The van der Waals surface area contributed by atoms with E-state index in [-0.39, 0.29) is 0 Å². The average molecular weight is 285 g/mol. The fourth-order valence-electron chi connectivity index (χ4n) is 4.22. The van der Waals surface area contributed by atoms with Crippen LogP contribution in [0, 0.1) is 5.41 Å². The number of nitrogens with one attached hydrogen (secondary N) is 1. The van der Waals surface area contributed by atoms with Gasteiger partial charge < -0.3 is 5.32 Å². The molecule has 2 fully saturated rings. The maximum atomic E-state index is 3.97. The fourth-order valence-corrected chi connectivity index (χ4v) is 4.22. The van der Waals surface area contributed by atoms with Gasteiger partial charge in [0.05, 0.1) is 0 Å². The van der Waals surface area contributed by atoms with Gasteiger partial charge in [-0.05, 0) is 68.3 Å². The van der Waals surface area contributed by atoms with E-state index in [9.17, 15) is 0 Å². The molecule has 21 heavy (non-hydrogen) atoms. The van der Waals surface area contributed by atoms with E-state index in [2.05, 4.69) is 49.5 Å². The monoisotopic (exact) mass is 285 g/mol. The quantitative estimate of drug-likeness (QED) is 0.797. The molecule has 0 heterocycles. The molecule has 116 valence electrons. The largest absolute Gasteiger partial charge is 0.311 e. The highest BCUT2D eigenvalue weighted by atomic mass is 15.0. The molecule has 0 bridgehead atoms. The number of rotatable bonds is 3. The molecule has 0 unspecified atom stereocenters. The van der Waals surface area contributed by atoms with Crippen molar-refractivity contribution < 1.29 is 0 Å². The Morgan fingerprint density at radius 3 is 2.00 bits per heavy atom. The van der Waals surface area contributed by atoms with Crippen molar-refractivity contribution in [2.75, 3.05) is 0 Å². The Hall–Kier alpha value is -0.820. The van der Waals surface area contributed by atoms with E-state index in [0.717, 1.165) is 18.0 Å². The molecule has 2 aliphatic rings. The maximum Gasteiger partial charge on any atom is 0.00700 e. The van der Waals surface area contributed by atoms with Gasteiger partial charge in [0.15, 0.2) is 0 Å². The van der Waals surface area contributed by atoms with E-state index in [1.54, 1.807) is 5.56 Å². The van der Waals surface area contributed by atoms with E-state index in [0.29, 0.717) is 5.41 Å². The van der Waals surface area contributed by atoms with Crippen LogP contribution in [0.2, 0.25) is 0 Å². The van der Waals surface area contributed by atoms with Gasteiger partial charge in [-0.3, -0.25) is 0 Å². The maximum absolute atomic E-state index is 3.97. The molecule has 1 heteroatoms. The third kappa shape index (κ3) is 4.10. The summed E-state index contributed by atoms with van der Waals surface area (Å²) in [6, 6.07) is 12.7. The third-order valence-electron chi connectivity index (χ3n) is 5.81. The lowest BCUT2D eigenvalue weighted by molar-refractivity contribution is 0.188. The molecular formula is C20H31N. The highest BCUT2D eigenvalue weighted by Crippen LogP contribution is 2.37. The Kier molecular flexibility index (Phi) is 4.69. The van der Waals surface area contributed by atoms with Crippen molar-refractivity contribution in [1.29, 1.82) is 0 Å². The normalized spacial score (nSPS) is 30.2. The highest BCUT2D eigenvalue weighted by molar-refractivity contribution is 5.20. The molecule has 2 aliphatic carbocycles. The van der Waals surface area contributed by atoms with Crippen molar-refractivity contribution in [2.45, 2.75) is 83.2 Å². The first kappa shape index (κ1) is 15.1. The van der Waals surface area contributed by atoms with Gasteiger partial charge in [0.1, 0.15) is 0 Å². The van der Waals surface area contributed by atoms with E-state index in [1.807, 2.05) is 0 Å². The lowest BCUT2D eigenvalue weighted by Crippen LogP contribution is -2.43. The van der Waals surface area contributed by atoms with Crippen LogP contribution in [0.3, 0.4) is 0 Å². The standard InChI is InChI=1S/C20H31N/c1-20(2)14-12-19(13-15-20)21-18-10-8-17(9-11-18)16-6-4-3-5-7-16/h3-7,17-19,21H,8-15H2,1-2H3. The minimum atomic E-state index is 0.586. The SMILES string of the molecule is CC1(C)CCC(NC2CCC(c3ccccc3)CC2)CC1. The average Bonchev–Trinajstić information content (AvgIpc) is 2.51. The van der Waals surface area contributed by atoms with Crippen LogP contribution in [-0.2, 0) is 0 Å². The molecule has 0 aliphatic heterocycles. The summed E-state index contributed by atoms with van der Waals surface area (Å²) < 4.78 is 0. The Balaban J connectivity index is 1.44. The van der Waals surface area contributed by atoms with Gasteiger partial charge in [0.2, 0.25) is 0 Å². The summed E-state index contributed by atoms with van der Waals surface area (Å²) in [6.45, 7) is 4.85. The molecule has 0 radical (unpaired) electrons. The summed E-state index contributed by atoms with van der Waals surface area (Å²) in [5, 5.41) is 3.97. The lowest BCUT2D eigenvalue weighted by Gasteiger charge is -2.38. The fraction of sp³-hybridized carbons (Fsp3) is 0.700. The zero-order valence-corrected chi connectivity index (χ0v) is 13.8. The van der Waals surface area contributed by atoms with Gasteiger partial charge in [-0.1, -0.05) is 44.2 Å². The van der Waals surface area contributed by atoms with Crippen molar-refractivity contribution in [2.24, 2.45) is 5.41 Å². The number of hydrogen-bond acceptors (Lipinski definition) is 1. The molecule has 0 aromatic heterocycles. The van der Waals surface area contributed by atoms with Gasteiger partial charge in [0, 0.05) is 12.1 Å². The summed E-state index contributed by atoms with van der Waals surface area (Å²) in [4.78, 5) is 0. The van der Waals surface area contributed by atoms with Crippen LogP contribution >= 0.6 is 0 Å². The second-order valence-corrected chi connectivity index (χ2v) is 8.06. The summed E-state index contributed by atoms with van der Waals surface area (Å²) >= 11 is 0. The van der Waals surface area contributed by atoms with E-state index in [4.69, 9.17) is 0 Å². The molecule has 1 N–H and O–H groups in total. The van der Waals surface area contributed by atoms with Gasteiger partial charge in [0.25, 0.3) is 0 Å². The predicted octanol–water partition coefficient (Wildman–Crippen LogP) is 5.27. The van der Waals surface area contributed by atoms with Gasteiger partial charge >= 0.3 is 0 Å². The van der Waals surface area contributed by atoms with Crippen LogP contribution in [0.25, 0.3) is 0 Å². The van der Waals surface area contributed by atoms with Crippen LogP contribution in [-0.4, -0.2) is 12.1 Å². The first-order valence-electron chi connectivity index (χ1n) is 8.93. The van der Waals surface area contributed by atoms with Crippen LogP contribution in [0.5, 0.6) is 0 Å². The molecule has 0 amide bonds. The van der Waals surface area contributed by atoms with E-state index in [1.165, 1.54) is 51.4 Å². The summed E-state index contributed by atoms with van der Waals surface area (Å²) in [6.07, 6.45) is 11.0. The third-order valence-corrected chi connectivity index (χ3v) is 5.81. The van der Waals surface area contributed by atoms with Crippen LogP contribution < -0.4 is 5.32 Å². The Bertz CT molecular complexity index is 418. The second-order valence-electron chi connectivity index (χ2n) is 8.06. The zero-order valence-electron chi connectivity index (χ0n) is 13.8. The van der Waals surface area contributed by atoms with E-state index >= 15 is 0 Å². The smallest absolute Gasteiger partial charge is 0.00700 e. The van der Waals surface area contributed by atoms with Crippen molar-refractivity contribution in [3.05, 3.63) is 35.9 Å². The molecule has 2 saturated carbocycles. The van der Waals surface area contributed by atoms with E-state index < -0.39 is 0 Å². The minimum Gasteiger partial charge on any atom is -0.311 e.